The molecule has 0 spiro atoms. The topological polar surface area (TPSA) is 336 Å². The first-order chi connectivity index (χ1) is 47.6. The van der Waals surface area contributed by atoms with Gasteiger partial charge in [-0.15, -0.1) is 0 Å². The van der Waals surface area contributed by atoms with Crippen molar-refractivity contribution in [1.29, 1.82) is 0 Å². The van der Waals surface area contributed by atoms with Gasteiger partial charge in [-0.3, -0.25) is 19.4 Å². The number of aromatic nitrogens is 8. The molecule has 34 heteroatoms. The molecule has 4 aromatic rings. The summed E-state index contributed by atoms with van der Waals surface area (Å²) in [5, 5.41) is 17.8. The van der Waals surface area contributed by atoms with Gasteiger partial charge < -0.3 is 75.8 Å². The van der Waals surface area contributed by atoms with Gasteiger partial charge in [0, 0.05) is 32.0 Å². The number of hydrogen-bond acceptors (Lipinski definition) is 26. The smallest absolute Gasteiger partial charge is 0.416 e. The van der Waals surface area contributed by atoms with Crippen molar-refractivity contribution in [2.75, 3.05) is 70.0 Å². The number of aliphatic hydroxyl groups is 1. The molecule has 6 fully saturated rings. The number of anilines is 2. The lowest BCUT2D eigenvalue weighted by molar-refractivity contribution is -0.207. The van der Waals surface area contributed by atoms with Gasteiger partial charge in [0.2, 0.25) is 10.6 Å². The molecule has 103 heavy (non-hydrogen) atoms. The Kier molecular flexibility index (Phi) is 24.8. The number of aliphatic hydroxyl groups excluding tert-OH is 1. The van der Waals surface area contributed by atoms with Crippen LogP contribution >= 0.6 is 37.5 Å². The SMILES string of the molecule is CC(C)(C)OC(=O)CCC(CO)(OC[C@H]1O[C@@H](n2ncc3c(N(C(=O)OC(C)(C)C)C4CCCC4)nc(Cl)nc32)[C@@H]2OC(C)(C)O[C@@H]21)P(C)(C)=O.COCC(CCC(=O)OC(C)(C)C)(OC[C@H]1O[C@@H](n2ncc3c(N(C(=O)OC(C)(C)C)C4CCCC4)nc(Cl)nc32)[C@@H]2OC(C)(C)O[C@@H]21)P(C)(C)=O. The van der Waals surface area contributed by atoms with E-state index in [4.69, 9.17) is 84.8 Å². The van der Waals surface area contributed by atoms with Gasteiger partial charge in [-0.05, 0) is 199 Å². The van der Waals surface area contributed by atoms with Crippen LogP contribution in [-0.4, -0.2) is 222 Å². The summed E-state index contributed by atoms with van der Waals surface area (Å²) in [5.41, 5.74) is -2.20. The van der Waals surface area contributed by atoms with Gasteiger partial charge in [-0.1, -0.05) is 25.7 Å². The van der Waals surface area contributed by atoms with E-state index in [1.54, 1.807) is 109 Å². The Hall–Kier alpha value is -4.78. The molecule has 10 atom stereocenters. The first kappa shape index (κ1) is 82.3. The number of rotatable bonds is 23. The highest BCUT2D eigenvalue weighted by Gasteiger charge is 2.60. The second-order valence-electron chi connectivity index (χ2n) is 33.1. The number of methoxy groups -OCH3 is 1. The van der Waals surface area contributed by atoms with E-state index in [0.29, 0.717) is 27.9 Å². The minimum atomic E-state index is -3.17. The molecule has 8 heterocycles. The number of fused-ring (bicyclic) bond motifs is 4. The van der Waals surface area contributed by atoms with E-state index in [0.717, 1.165) is 51.4 Å². The Morgan fingerprint density at radius 1 is 0.553 bits per heavy atom. The summed E-state index contributed by atoms with van der Waals surface area (Å²) in [6, 6.07) is -0.280. The predicted molar refractivity (Wildman–Crippen MR) is 383 cm³/mol. The highest BCUT2D eigenvalue weighted by atomic mass is 35.5. The van der Waals surface area contributed by atoms with Crippen molar-refractivity contribution in [2.45, 2.75) is 294 Å². The number of nitrogens with zero attached hydrogens (tertiary/aromatic N) is 10. The van der Waals surface area contributed by atoms with E-state index in [1.165, 1.54) is 25.1 Å². The molecule has 0 bridgehead atoms. The number of halogens is 2. The van der Waals surface area contributed by atoms with Gasteiger partial charge in [0.05, 0.1) is 49.6 Å². The Morgan fingerprint density at radius 2 is 0.893 bits per heavy atom. The van der Waals surface area contributed by atoms with Crippen LogP contribution in [0.15, 0.2) is 12.4 Å². The van der Waals surface area contributed by atoms with E-state index in [-0.39, 0.29) is 74.0 Å². The van der Waals surface area contributed by atoms with Crippen LogP contribution in [-0.2, 0) is 80.3 Å². The van der Waals surface area contributed by atoms with Gasteiger partial charge in [0.1, 0.15) is 84.0 Å². The first-order valence-corrected chi connectivity index (χ1v) is 41.3. The average Bonchev–Trinajstić information content (AvgIpc) is 1.59. The number of carbonyl (C=O) groups excluding carboxylic acids is 4. The van der Waals surface area contributed by atoms with E-state index < -0.39 is 139 Å². The molecule has 2 aliphatic carbocycles. The predicted octanol–water partition coefficient (Wildman–Crippen LogP) is 12.7. The van der Waals surface area contributed by atoms with Crippen LogP contribution in [0.2, 0.25) is 10.6 Å². The summed E-state index contributed by atoms with van der Waals surface area (Å²) in [5.74, 6) is -2.31. The molecule has 2 unspecified atom stereocenters. The lowest BCUT2D eigenvalue weighted by Gasteiger charge is -2.38. The van der Waals surface area contributed by atoms with Crippen LogP contribution in [0, 0.1) is 0 Å². The first-order valence-electron chi connectivity index (χ1n) is 35.4. The largest absolute Gasteiger partial charge is 0.460 e. The number of ether oxygens (including phenoxy) is 13. The Bertz CT molecular complexity index is 3790. The van der Waals surface area contributed by atoms with Crippen LogP contribution in [0.25, 0.3) is 22.1 Å². The van der Waals surface area contributed by atoms with Crippen LogP contribution in [0.3, 0.4) is 0 Å². The molecule has 4 aromatic heterocycles. The number of esters is 2. The van der Waals surface area contributed by atoms with Crippen molar-refractivity contribution in [3.8, 4) is 0 Å². The highest BCUT2D eigenvalue weighted by Crippen LogP contribution is 2.57. The standard InChI is InChI=1S/C35H55ClN5O10P.C34H53ClN5O10P/c1-32(2,3)48-24(42)16-17-35(20-45-9,52(10,11)44)46-19-23-25-26(50-34(7,8)49-25)29(47-23)41-28-22(18-37-41)27(38-30(36)39-28)40(21-14-12-13-15-21)31(43)51-33(4,5)6;1-31(2,3)47-23(42)15-16-34(19-41,51(9,10)44)45-18-22-24-25(49-33(7,8)48-24)28(46-22)40-27-21(17-36-40)26(37-29(35)38-27)39(20-13-11-12-14-20)30(43)50-32(4,5)6/h18,21,23,25-26,29H,12-17,19-20H2,1-11H3;17,20,22,24-25,28,41H,11-16,18-19H2,1-10H3/t23-,25-,26-,29-,35?;22-,24-,25-,28-,34?/m11/s1. The molecule has 2 saturated carbocycles. The van der Waals surface area contributed by atoms with Crippen molar-refractivity contribution >= 4 is 95.3 Å². The van der Waals surface area contributed by atoms with Gasteiger partial charge in [-0.25, -0.2) is 19.0 Å². The Labute approximate surface area is 613 Å². The molecular formula is C69H108Cl2N10O20P2. The summed E-state index contributed by atoms with van der Waals surface area (Å²) >= 11 is 13.1. The third kappa shape index (κ3) is 19.6. The molecule has 0 aromatic carbocycles. The maximum Gasteiger partial charge on any atom is 0.416 e. The minimum absolute atomic E-state index is 0.0235. The summed E-state index contributed by atoms with van der Waals surface area (Å²) < 4.78 is 110. The molecule has 1 N–H and O–H groups in total. The normalized spacial score (nSPS) is 25.0. The molecular weight excluding hydrogens is 1420 g/mol. The summed E-state index contributed by atoms with van der Waals surface area (Å²) in [4.78, 5) is 73.9. The van der Waals surface area contributed by atoms with Crippen molar-refractivity contribution in [1.82, 2.24) is 39.5 Å². The summed E-state index contributed by atoms with van der Waals surface area (Å²) in [6.45, 7) is 34.1. The van der Waals surface area contributed by atoms with Crippen molar-refractivity contribution < 1.29 is 95.0 Å². The fourth-order valence-electron chi connectivity index (χ4n) is 13.9. The fraction of sp³-hybridized carbons (Fsp3) is 0.797. The van der Waals surface area contributed by atoms with E-state index in [1.807, 2.05) is 41.5 Å². The van der Waals surface area contributed by atoms with Gasteiger partial charge in [0.25, 0.3) is 0 Å². The molecule has 4 saturated heterocycles. The lowest BCUT2D eigenvalue weighted by Crippen LogP contribution is -2.43. The average molecular weight is 1530 g/mol. The van der Waals surface area contributed by atoms with E-state index >= 15 is 0 Å². The van der Waals surface area contributed by atoms with Crippen molar-refractivity contribution in [3.05, 3.63) is 23.0 Å². The zero-order valence-electron chi connectivity index (χ0n) is 63.6. The lowest BCUT2D eigenvalue weighted by atomic mass is 10.1. The van der Waals surface area contributed by atoms with Crippen LogP contribution in [0.5, 0.6) is 0 Å². The zero-order chi connectivity index (χ0) is 76.2. The molecule has 10 rings (SSSR count). The zero-order valence-corrected chi connectivity index (χ0v) is 66.9. The van der Waals surface area contributed by atoms with Gasteiger partial charge >= 0.3 is 24.1 Å². The molecule has 4 aliphatic heterocycles. The van der Waals surface area contributed by atoms with E-state index in [2.05, 4.69) is 30.1 Å². The monoisotopic (exact) mass is 1530 g/mol. The Balaban J connectivity index is 0.000000239. The maximum atomic E-state index is 13.9. The van der Waals surface area contributed by atoms with Gasteiger partial charge in [-0.2, -0.15) is 30.1 Å². The van der Waals surface area contributed by atoms with E-state index in [9.17, 15) is 33.4 Å². The van der Waals surface area contributed by atoms with Crippen molar-refractivity contribution in [2.24, 2.45) is 0 Å². The molecule has 2 amide bonds. The minimum Gasteiger partial charge on any atom is -0.460 e. The number of carbonyl (C=O) groups is 4. The number of amides is 2. The van der Waals surface area contributed by atoms with Crippen LogP contribution in [0.1, 0.15) is 200 Å². The third-order valence-corrected chi connectivity index (χ3v) is 23.7. The summed E-state index contributed by atoms with van der Waals surface area (Å²) in [6.07, 6.45) is 3.18. The van der Waals surface area contributed by atoms with Gasteiger partial charge in [0.15, 0.2) is 47.0 Å². The Morgan fingerprint density at radius 3 is 1.22 bits per heavy atom. The quantitative estimate of drug-likeness (QED) is 0.0312. The molecule has 0 radical (unpaired) electrons. The summed E-state index contributed by atoms with van der Waals surface area (Å²) in [7, 11) is -4.74. The highest BCUT2D eigenvalue weighted by molar-refractivity contribution is 7.64. The number of hydrogen-bond donors (Lipinski definition) is 1. The fourth-order valence-corrected chi connectivity index (χ4v) is 17.1. The molecule has 30 nitrogen and oxygen atoms in total. The maximum absolute atomic E-state index is 13.9. The second kappa shape index (κ2) is 31.1. The molecule has 6 aliphatic rings. The van der Waals surface area contributed by atoms with Crippen LogP contribution < -0.4 is 9.80 Å². The van der Waals surface area contributed by atoms with Crippen LogP contribution in [0.4, 0.5) is 21.2 Å². The molecule has 578 valence electrons. The third-order valence-electron chi connectivity index (χ3n) is 18.5. The second-order valence-corrected chi connectivity index (χ2v) is 40.8. The van der Waals surface area contributed by atoms with Crippen molar-refractivity contribution in [3.63, 3.8) is 0 Å².